The van der Waals surface area contributed by atoms with E-state index in [0.29, 0.717) is 12.8 Å². The quantitative estimate of drug-likeness (QED) is 0.692. The van der Waals surface area contributed by atoms with Gasteiger partial charge in [0.25, 0.3) is 0 Å². The molecule has 0 atom stereocenters. The SMILES string of the molecule is CCN1CCC(NCCN(C)C)(C(=O)O)CC1. The van der Waals surface area contributed by atoms with Crippen molar-refractivity contribution in [1.82, 2.24) is 15.1 Å². The first kappa shape index (κ1) is 14.4. The van der Waals surface area contributed by atoms with E-state index in [1.807, 2.05) is 14.1 Å². The Labute approximate surface area is 104 Å². The number of hydrogen-bond acceptors (Lipinski definition) is 4. The molecule has 0 radical (unpaired) electrons. The molecule has 1 aliphatic heterocycles. The minimum Gasteiger partial charge on any atom is -0.480 e. The third-order valence-corrected chi connectivity index (χ3v) is 3.59. The van der Waals surface area contributed by atoms with Crippen LogP contribution in [0.2, 0.25) is 0 Å². The van der Waals surface area contributed by atoms with Crippen LogP contribution in [0, 0.1) is 0 Å². The van der Waals surface area contributed by atoms with Crippen LogP contribution in [0.3, 0.4) is 0 Å². The molecule has 0 unspecified atom stereocenters. The molecule has 1 rings (SSSR count). The van der Waals surface area contributed by atoms with Crippen LogP contribution in [0.15, 0.2) is 0 Å². The zero-order valence-corrected chi connectivity index (χ0v) is 11.2. The molecule has 0 spiro atoms. The first-order valence-corrected chi connectivity index (χ1v) is 6.35. The van der Waals surface area contributed by atoms with Crippen LogP contribution in [0.5, 0.6) is 0 Å². The van der Waals surface area contributed by atoms with Crippen LogP contribution in [0.1, 0.15) is 19.8 Å². The molecule has 1 fully saturated rings. The summed E-state index contributed by atoms with van der Waals surface area (Å²) >= 11 is 0. The van der Waals surface area contributed by atoms with Crippen molar-refractivity contribution in [1.29, 1.82) is 0 Å². The largest absolute Gasteiger partial charge is 0.480 e. The Hall–Kier alpha value is -0.650. The Morgan fingerprint density at radius 3 is 2.41 bits per heavy atom. The standard InChI is InChI=1S/C12H25N3O2/c1-4-15-8-5-12(6-9-15,11(16)17)13-7-10-14(2)3/h13H,4-10H2,1-3H3,(H,16,17). The second kappa shape index (κ2) is 6.33. The van der Waals surface area contributed by atoms with Crippen LogP contribution in [-0.2, 0) is 4.79 Å². The van der Waals surface area contributed by atoms with Gasteiger partial charge in [0.2, 0.25) is 0 Å². The van der Waals surface area contributed by atoms with Gasteiger partial charge < -0.3 is 20.2 Å². The molecule has 1 aliphatic rings. The van der Waals surface area contributed by atoms with Gasteiger partial charge in [0.05, 0.1) is 0 Å². The Kier molecular flexibility index (Phi) is 5.36. The van der Waals surface area contributed by atoms with Gasteiger partial charge in [-0.1, -0.05) is 6.92 Å². The zero-order chi connectivity index (χ0) is 12.9. The Morgan fingerprint density at radius 1 is 1.41 bits per heavy atom. The van der Waals surface area contributed by atoms with Gasteiger partial charge >= 0.3 is 5.97 Å². The normalized spacial score (nSPS) is 20.7. The van der Waals surface area contributed by atoms with Gasteiger partial charge in [-0.25, -0.2) is 0 Å². The van der Waals surface area contributed by atoms with Gasteiger partial charge in [-0.3, -0.25) is 4.79 Å². The number of nitrogens with one attached hydrogen (secondary N) is 1. The molecule has 100 valence electrons. The molecule has 5 heteroatoms. The molecular formula is C12H25N3O2. The number of rotatable bonds is 6. The summed E-state index contributed by atoms with van der Waals surface area (Å²) < 4.78 is 0. The molecule has 0 aromatic carbocycles. The molecular weight excluding hydrogens is 218 g/mol. The average molecular weight is 243 g/mol. The van der Waals surface area contributed by atoms with Gasteiger partial charge in [0.15, 0.2) is 0 Å². The lowest BCUT2D eigenvalue weighted by Gasteiger charge is -2.39. The lowest BCUT2D eigenvalue weighted by molar-refractivity contribution is -0.147. The van der Waals surface area contributed by atoms with Crippen molar-refractivity contribution in [2.45, 2.75) is 25.3 Å². The van der Waals surface area contributed by atoms with Gasteiger partial charge in [-0.2, -0.15) is 0 Å². The summed E-state index contributed by atoms with van der Waals surface area (Å²) in [4.78, 5) is 15.8. The fraction of sp³-hybridized carbons (Fsp3) is 0.917. The van der Waals surface area contributed by atoms with Crippen molar-refractivity contribution in [3.05, 3.63) is 0 Å². The van der Waals surface area contributed by atoms with Gasteiger partial charge in [0.1, 0.15) is 5.54 Å². The van der Waals surface area contributed by atoms with Crippen LogP contribution >= 0.6 is 0 Å². The van der Waals surface area contributed by atoms with Gasteiger partial charge in [-0.15, -0.1) is 0 Å². The smallest absolute Gasteiger partial charge is 0.323 e. The summed E-state index contributed by atoms with van der Waals surface area (Å²) in [6.07, 6.45) is 1.40. The predicted octanol–water partition coefficient (Wildman–Crippen LogP) is 0.0767. The summed E-state index contributed by atoms with van der Waals surface area (Å²) in [7, 11) is 3.99. The van der Waals surface area contributed by atoms with E-state index in [0.717, 1.165) is 32.7 Å². The fourth-order valence-corrected chi connectivity index (χ4v) is 2.24. The first-order valence-electron chi connectivity index (χ1n) is 6.35. The van der Waals surface area contributed by atoms with E-state index >= 15 is 0 Å². The minimum atomic E-state index is -0.707. The van der Waals surface area contributed by atoms with Crippen molar-refractivity contribution in [3.8, 4) is 0 Å². The molecule has 1 heterocycles. The van der Waals surface area contributed by atoms with Gasteiger partial charge in [-0.05, 0) is 33.5 Å². The number of piperidine rings is 1. The lowest BCUT2D eigenvalue weighted by Crippen LogP contribution is -2.59. The maximum Gasteiger partial charge on any atom is 0.323 e. The van der Waals surface area contributed by atoms with Crippen LogP contribution < -0.4 is 5.32 Å². The van der Waals surface area contributed by atoms with E-state index < -0.39 is 11.5 Å². The highest BCUT2D eigenvalue weighted by molar-refractivity contribution is 5.79. The molecule has 0 bridgehead atoms. The molecule has 5 nitrogen and oxygen atoms in total. The molecule has 0 aromatic heterocycles. The zero-order valence-electron chi connectivity index (χ0n) is 11.2. The average Bonchev–Trinajstić information content (AvgIpc) is 2.29. The Morgan fingerprint density at radius 2 is 2.00 bits per heavy atom. The predicted molar refractivity (Wildman–Crippen MR) is 68.3 cm³/mol. The van der Waals surface area contributed by atoms with E-state index in [1.54, 1.807) is 0 Å². The molecule has 1 saturated heterocycles. The number of carboxylic acid groups (broad SMARTS) is 1. The van der Waals surface area contributed by atoms with Crippen molar-refractivity contribution < 1.29 is 9.90 Å². The first-order chi connectivity index (χ1) is 8.00. The number of nitrogens with zero attached hydrogens (tertiary/aromatic N) is 2. The number of carbonyl (C=O) groups is 1. The maximum absolute atomic E-state index is 11.5. The third kappa shape index (κ3) is 3.94. The van der Waals surface area contributed by atoms with Crippen LogP contribution in [0.4, 0.5) is 0 Å². The van der Waals surface area contributed by atoms with E-state index in [2.05, 4.69) is 22.0 Å². The highest BCUT2D eigenvalue weighted by Gasteiger charge is 2.40. The highest BCUT2D eigenvalue weighted by Crippen LogP contribution is 2.22. The second-order valence-electron chi connectivity index (χ2n) is 5.05. The number of hydrogen-bond donors (Lipinski definition) is 2. The summed E-state index contributed by atoms with van der Waals surface area (Å²) in [6, 6.07) is 0. The number of aliphatic carboxylic acids is 1. The maximum atomic E-state index is 11.5. The van der Waals surface area contributed by atoms with Crippen LogP contribution in [-0.4, -0.2) is 73.2 Å². The van der Waals surface area contributed by atoms with Crippen molar-refractivity contribution in [2.75, 3.05) is 46.8 Å². The van der Waals surface area contributed by atoms with Crippen molar-refractivity contribution in [3.63, 3.8) is 0 Å². The third-order valence-electron chi connectivity index (χ3n) is 3.59. The topological polar surface area (TPSA) is 55.8 Å². The van der Waals surface area contributed by atoms with Crippen LogP contribution in [0.25, 0.3) is 0 Å². The summed E-state index contributed by atoms with van der Waals surface area (Å²) in [6.45, 7) is 6.47. The van der Waals surface area contributed by atoms with E-state index in [9.17, 15) is 9.90 Å². The number of carboxylic acids is 1. The molecule has 2 N–H and O–H groups in total. The fourth-order valence-electron chi connectivity index (χ4n) is 2.24. The number of likely N-dealkylation sites (tertiary alicyclic amines) is 1. The van der Waals surface area contributed by atoms with E-state index in [4.69, 9.17) is 0 Å². The summed E-state index contributed by atoms with van der Waals surface area (Å²) in [5, 5.41) is 12.7. The van der Waals surface area contributed by atoms with E-state index in [1.165, 1.54) is 0 Å². The van der Waals surface area contributed by atoms with Crippen molar-refractivity contribution >= 4 is 5.97 Å². The Balaban J connectivity index is 2.50. The molecule has 0 aliphatic carbocycles. The summed E-state index contributed by atoms with van der Waals surface area (Å²) in [5.74, 6) is -0.702. The van der Waals surface area contributed by atoms with E-state index in [-0.39, 0.29) is 0 Å². The molecule has 0 amide bonds. The molecule has 17 heavy (non-hydrogen) atoms. The Bertz CT molecular complexity index is 248. The highest BCUT2D eigenvalue weighted by atomic mass is 16.4. The second-order valence-corrected chi connectivity index (χ2v) is 5.05. The summed E-state index contributed by atoms with van der Waals surface area (Å²) in [5.41, 5.74) is -0.707. The molecule has 0 aromatic rings. The van der Waals surface area contributed by atoms with Gasteiger partial charge in [0, 0.05) is 26.2 Å². The minimum absolute atomic E-state index is 0.698. The number of likely N-dealkylation sites (N-methyl/N-ethyl adjacent to an activating group) is 1. The monoisotopic (exact) mass is 243 g/mol. The lowest BCUT2D eigenvalue weighted by atomic mass is 9.87. The molecule has 0 saturated carbocycles. The van der Waals surface area contributed by atoms with Crippen molar-refractivity contribution in [2.24, 2.45) is 0 Å².